The number of ether oxygens (including phenoxy) is 3. The first-order valence-corrected chi connectivity index (χ1v) is 12.7. The summed E-state index contributed by atoms with van der Waals surface area (Å²) in [7, 11) is 0. The monoisotopic (exact) mass is 506 g/mol. The predicted molar refractivity (Wildman–Crippen MR) is 143 cm³/mol. The molecule has 0 aliphatic heterocycles. The van der Waals surface area contributed by atoms with Crippen LogP contribution in [0.5, 0.6) is 5.75 Å². The van der Waals surface area contributed by atoms with Crippen molar-refractivity contribution in [2.45, 2.75) is 85.7 Å². The number of nitrogens with zero attached hydrogens (tertiary/aromatic N) is 2. The van der Waals surface area contributed by atoms with E-state index in [9.17, 15) is 9.59 Å². The zero-order chi connectivity index (χ0) is 27.2. The minimum Gasteiger partial charge on any atom is -0.476 e. The molecule has 0 saturated heterocycles. The Balaban J connectivity index is 1.62. The van der Waals surface area contributed by atoms with Crippen LogP contribution in [-0.4, -0.2) is 32.9 Å². The molecule has 0 radical (unpaired) electrons. The normalized spacial score (nSPS) is 11.8. The Hall–Kier alpha value is -3.61. The lowest BCUT2D eigenvalue weighted by molar-refractivity contribution is -0.170. The maximum atomic E-state index is 12.7. The molecule has 3 aromatic rings. The van der Waals surface area contributed by atoms with Gasteiger partial charge in [-0.05, 0) is 83.9 Å². The number of carbonyl (C=O) groups excluding carboxylic acids is 2. The molecule has 7 nitrogen and oxygen atoms in total. The Labute approximate surface area is 219 Å². The number of aromatic nitrogens is 2. The third-order valence-electron chi connectivity index (χ3n) is 5.56. The Bertz CT molecular complexity index is 1200. The van der Waals surface area contributed by atoms with Crippen molar-refractivity contribution in [3.05, 3.63) is 82.7 Å². The molecule has 37 heavy (non-hydrogen) atoms. The quantitative estimate of drug-likeness (QED) is 0.312. The van der Waals surface area contributed by atoms with Crippen molar-refractivity contribution in [1.29, 1.82) is 0 Å². The SMILES string of the molecule is CCCn1nc(Cc2ccc(C)cc2)cc1COC(=O)c1ccc(OC(C)(C)C(=O)OC(C)(C)C)cc1. The summed E-state index contributed by atoms with van der Waals surface area (Å²) in [6, 6.07) is 16.9. The number of rotatable bonds is 10. The lowest BCUT2D eigenvalue weighted by atomic mass is 10.1. The fourth-order valence-corrected chi connectivity index (χ4v) is 3.66. The fraction of sp³-hybridized carbons (Fsp3) is 0.433. The Morgan fingerprint density at radius 3 is 2.19 bits per heavy atom. The van der Waals surface area contributed by atoms with Gasteiger partial charge in [-0.25, -0.2) is 9.59 Å². The number of hydrogen-bond acceptors (Lipinski definition) is 6. The van der Waals surface area contributed by atoms with E-state index in [-0.39, 0.29) is 6.61 Å². The zero-order valence-electron chi connectivity index (χ0n) is 23.0. The first kappa shape index (κ1) is 28.0. The molecule has 0 N–H and O–H groups in total. The Kier molecular flexibility index (Phi) is 8.79. The summed E-state index contributed by atoms with van der Waals surface area (Å²) in [6.07, 6.45) is 1.65. The molecular weight excluding hydrogens is 468 g/mol. The standard InChI is InChI=1S/C30H38N2O5/c1-8-17-32-25(19-24(31-32)18-22-11-9-21(2)10-12-22)20-35-27(33)23-13-15-26(16-14-23)36-30(6,7)28(34)37-29(3,4)5/h9-16,19H,8,17-18,20H2,1-7H3. The third-order valence-corrected chi connectivity index (χ3v) is 5.56. The second kappa shape index (κ2) is 11.6. The van der Waals surface area contributed by atoms with E-state index in [2.05, 4.69) is 38.1 Å². The van der Waals surface area contributed by atoms with E-state index in [0.717, 1.165) is 30.8 Å². The van der Waals surface area contributed by atoms with Crippen molar-refractivity contribution in [1.82, 2.24) is 9.78 Å². The fourth-order valence-electron chi connectivity index (χ4n) is 3.66. The van der Waals surface area contributed by atoms with E-state index in [1.54, 1.807) is 38.1 Å². The van der Waals surface area contributed by atoms with E-state index in [1.807, 2.05) is 31.5 Å². The van der Waals surface area contributed by atoms with Crippen LogP contribution in [0, 0.1) is 6.92 Å². The average Bonchev–Trinajstić information content (AvgIpc) is 3.19. The van der Waals surface area contributed by atoms with Crippen molar-refractivity contribution >= 4 is 11.9 Å². The molecule has 0 unspecified atom stereocenters. The number of aryl methyl sites for hydroxylation is 2. The molecule has 0 saturated carbocycles. The summed E-state index contributed by atoms with van der Waals surface area (Å²) in [5, 5.41) is 4.72. The van der Waals surface area contributed by atoms with E-state index in [4.69, 9.17) is 19.3 Å². The zero-order valence-corrected chi connectivity index (χ0v) is 23.0. The Morgan fingerprint density at radius 2 is 1.59 bits per heavy atom. The van der Waals surface area contributed by atoms with E-state index < -0.39 is 23.1 Å². The molecule has 1 aromatic heterocycles. The topological polar surface area (TPSA) is 79.7 Å². The van der Waals surface area contributed by atoms with Gasteiger partial charge in [0.25, 0.3) is 0 Å². The van der Waals surface area contributed by atoms with Crippen LogP contribution in [0.3, 0.4) is 0 Å². The van der Waals surface area contributed by atoms with Gasteiger partial charge in [0.2, 0.25) is 0 Å². The lowest BCUT2D eigenvalue weighted by Gasteiger charge is -2.29. The first-order chi connectivity index (χ1) is 17.4. The van der Waals surface area contributed by atoms with Gasteiger partial charge in [0.05, 0.1) is 17.0 Å². The molecule has 0 atom stereocenters. The molecule has 0 spiro atoms. The first-order valence-electron chi connectivity index (χ1n) is 12.7. The maximum absolute atomic E-state index is 12.7. The number of carbonyl (C=O) groups is 2. The summed E-state index contributed by atoms with van der Waals surface area (Å²) in [4.78, 5) is 25.2. The molecule has 0 aliphatic carbocycles. The summed E-state index contributed by atoms with van der Waals surface area (Å²) >= 11 is 0. The van der Waals surface area contributed by atoms with Gasteiger partial charge in [-0.2, -0.15) is 5.10 Å². The minimum atomic E-state index is -1.18. The predicted octanol–water partition coefficient (Wildman–Crippen LogP) is 6.05. The molecule has 7 heteroatoms. The van der Waals surface area contributed by atoms with Crippen LogP contribution < -0.4 is 4.74 Å². The van der Waals surface area contributed by atoms with Gasteiger partial charge in [-0.15, -0.1) is 0 Å². The van der Waals surface area contributed by atoms with Gasteiger partial charge >= 0.3 is 11.9 Å². The molecule has 3 rings (SSSR count). The van der Waals surface area contributed by atoms with Gasteiger partial charge in [0.15, 0.2) is 5.60 Å². The molecule has 1 heterocycles. The molecule has 0 bridgehead atoms. The minimum absolute atomic E-state index is 0.129. The number of esters is 2. The highest BCUT2D eigenvalue weighted by Gasteiger charge is 2.34. The summed E-state index contributed by atoms with van der Waals surface area (Å²) in [5.41, 5.74) is 2.81. The van der Waals surface area contributed by atoms with Crippen molar-refractivity contribution in [2.24, 2.45) is 0 Å². The molecule has 0 amide bonds. The third kappa shape index (κ3) is 8.20. The second-order valence-electron chi connectivity index (χ2n) is 10.7. The van der Waals surface area contributed by atoms with Gasteiger partial charge in [0.1, 0.15) is 18.0 Å². The molecule has 2 aromatic carbocycles. The number of hydrogen-bond donors (Lipinski definition) is 0. The Morgan fingerprint density at radius 1 is 0.946 bits per heavy atom. The second-order valence-corrected chi connectivity index (χ2v) is 10.7. The molecule has 0 aliphatic rings. The summed E-state index contributed by atoms with van der Waals surface area (Å²) < 4.78 is 18.8. The van der Waals surface area contributed by atoms with Gasteiger partial charge in [-0.3, -0.25) is 4.68 Å². The maximum Gasteiger partial charge on any atom is 0.350 e. The molecular formula is C30H38N2O5. The van der Waals surface area contributed by atoms with Crippen LogP contribution >= 0.6 is 0 Å². The van der Waals surface area contributed by atoms with Crippen LogP contribution in [0.2, 0.25) is 0 Å². The van der Waals surface area contributed by atoms with Crippen molar-refractivity contribution in [3.63, 3.8) is 0 Å². The van der Waals surface area contributed by atoms with Crippen LogP contribution in [0.1, 0.15) is 80.8 Å². The average molecular weight is 507 g/mol. The van der Waals surface area contributed by atoms with E-state index in [1.165, 1.54) is 11.1 Å². The summed E-state index contributed by atoms with van der Waals surface area (Å²) in [5.74, 6) is -0.453. The van der Waals surface area contributed by atoms with Crippen LogP contribution in [0.25, 0.3) is 0 Å². The largest absolute Gasteiger partial charge is 0.476 e. The smallest absolute Gasteiger partial charge is 0.350 e. The highest BCUT2D eigenvalue weighted by molar-refractivity contribution is 5.89. The number of benzene rings is 2. The van der Waals surface area contributed by atoms with Gasteiger partial charge < -0.3 is 14.2 Å². The van der Waals surface area contributed by atoms with Crippen molar-refractivity contribution in [3.8, 4) is 5.75 Å². The van der Waals surface area contributed by atoms with E-state index in [0.29, 0.717) is 11.3 Å². The van der Waals surface area contributed by atoms with Crippen LogP contribution in [-0.2, 0) is 33.8 Å². The van der Waals surface area contributed by atoms with Crippen molar-refractivity contribution in [2.75, 3.05) is 0 Å². The highest BCUT2D eigenvalue weighted by Crippen LogP contribution is 2.23. The lowest BCUT2D eigenvalue weighted by Crippen LogP contribution is -2.43. The summed E-state index contributed by atoms with van der Waals surface area (Å²) in [6.45, 7) is 13.8. The van der Waals surface area contributed by atoms with Crippen LogP contribution in [0.4, 0.5) is 0 Å². The molecule has 198 valence electrons. The highest BCUT2D eigenvalue weighted by atomic mass is 16.6. The van der Waals surface area contributed by atoms with Crippen LogP contribution in [0.15, 0.2) is 54.6 Å². The van der Waals surface area contributed by atoms with Gasteiger partial charge in [-0.1, -0.05) is 36.8 Å². The van der Waals surface area contributed by atoms with E-state index >= 15 is 0 Å². The van der Waals surface area contributed by atoms with Crippen molar-refractivity contribution < 1.29 is 23.8 Å². The van der Waals surface area contributed by atoms with Gasteiger partial charge in [0, 0.05) is 13.0 Å². The molecule has 0 fully saturated rings.